The SMILES string of the molecule is c1ccc(-c2nc(-c3ccccc3)nc(-c3ccc4sc5cccc(-c6cccc7c6sc6cccc(-n8c9ccccc9c9ccccc98)c67)c5c4c3)n2)cc1. The van der Waals surface area contributed by atoms with Crippen molar-refractivity contribution in [1.29, 1.82) is 0 Å². The molecule has 4 heterocycles. The normalized spacial score (nSPS) is 11.9. The van der Waals surface area contributed by atoms with Gasteiger partial charge in [0.25, 0.3) is 0 Å². The smallest absolute Gasteiger partial charge is 0.164 e. The number of aromatic nitrogens is 4. The number of thiophene rings is 2. The van der Waals surface area contributed by atoms with Crippen LogP contribution in [0.5, 0.6) is 0 Å². The van der Waals surface area contributed by atoms with Gasteiger partial charge in [-0.1, -0.05) is 133 Å². The van der Waals surface area contributed by atoms with Crippen molar-refractivity contribution in [1.82, 2.24) is 19.5 Å². The summed E-state index contributed by atoms with van der Waals surface area (Å²) >= 11 is 3.72. The van der Waals surface area contributed by atoms with Gasteiger partial charge < -0.3 is 4.57 Å². The lowest BCUT2D eigenvalue weighted by molar-refractivity contribution is 1.07. The Labute approximate surface area is 335 Å². The number of rotatable bonds is 5. The molecule has 0 aliphatic rings. The number of nitrogens with zero attached hydrogens (tertiary/aromatic N) is 4. The van der Waals surface area contributed by atoms with E-state index in [1.165, 1.54) is 79.0 Å². The Morgan fingerprint density at radius 3 is 1.58 bits per heavy atom. The van der Waals surface area contributed by atoms with E-state index in [1.807, 2.05) is 59.1 Å². The number of para-hydroxylation sites is 2. The average molecular weight is 763 g/mol. The fourth-order valence-electron chi connectivity index (χ4n) is 8.54. The molecule has 8 aromatic carbocycles. The number of fused-ring (bicyclic) bond motifs is 9. The Hall–Kier alpha value is -6.99. The Morgan fingerprint density at radius 1 is 0.351 bits per heavy atom. The van der Waals surface area contributed by atoms with Crippen molar-refractivity contribution in [3.8, 4) is 51.0 Å². The molecule has 6 heteroatoms. The summed E-state index contributed by atoms with van der Waals surface area (Å²) in [5, 5.41) is 7.56. The van der Waals surface area contributed by atoms with Gasteiger partial charge in [-0.05, 0) is 54.1 Å². The van der Waals surface area contributed by atoms with Gasteiger partial charge in [0, 0.05) is 73.4 Å². The van der Waals surface area contributed by atoms with E-state index in [-0.39, 0.29) is 0 Å². The summed E-state index contributed by atoms with van der Waals surface area (Å²) in [7, 11) is 0. The van der Waals surface area contributed by atoms with E-state index in [2.05, 4.69) is 150 Å². The molecule has 0 saturated heterocycles. The quantitative estimate of drug-likeness (QED) is 0.175. The maximum Gasteiger partial charge on any atom is 0.164 e. The Balaban J connectivity index is 1.07. The molecule has 0 radical (unpaired) electrons. The van der Waals surface area contributed by atoms with Gasteiger partial charge in [0.1, 0.15) is 0 Å². The van der Waals surface area contributed by atoms with Crippen molar-refractivity contribution in [2.24, 2.45) is 0 Å². The second-order valence-corrected chi connectivity index (χ2v) is 16.5. The minimum absolute atomic E-state index is 0.658. The minimum Gasteiger partial charge on any atom is -0.309 e. The second kappa shape index (κ2) is 12.8. The third kappa shape index (κ3) is 5.08. The highest BCUT2D eigenvalue weighted by Crippen LogP contribution is 2.47. The van der Waals surface area contributed by atoms with Crippen LogP contribution in [0.4, 0.5) is 0 Å². The Kier molecular flexibility index (Phi) is 7.24. The Morgan fingerprint density at radius 2 is 0.895 bits per heavy atom. The molecular formula is C51H30N4S2. The zero-order chi connectivity index (χ0) is 37.5. The van der Waals surface area contributed by atoms with Crippen molar-refractivity contribution in [3.05, 3.63) is 182 Å². The lowest BCUT2D eigenvalue weighted by Gasteiger charge is -2.11. The molecule has 0 amide bonds. The fourth-order valence-corrected chi connectivity index (χ4v) is 10.9. The van der Waals surface area contributed by atoms with Crippen LogP contribution in [0.15, 0.2) is 182 Å². The zero-order valence-electron chi connectivity index (χ0n) is 30.4. The van der Waals surface area contributed by atoms with Crippen molar-refractivity contribution < 1.29 is 0 Å². The molecule has 0 fully saturated rings. The lowest BCUT2D eigenvalue weighted by atomic mass is 9.97. The first-order valence-corrected chi connectivity index (χ1v) is 20.7. The highest BCUT2D eigenvalue weighted by molar-refractivity contribution is 7.27. The second-order valence-electron chi connectivity index (χ2n) is 14.3. The molecule has 57 heavy (non-hydrogen) atoms. The van der Waals surface area contributed by atoms with E-state index in [9.17, 15) is 0 Å². The molecule has 0 saturated carbocycles. The molecule has 0 N–H and O–H groups in total. The van der Waals surface area contributed by atoms with Gasteiger partial charge in [-0.2, -0.15) is 0 Å². The maximum atomic E-state index is 5.06. The zero-order valence-corrected chi connectivity index (χ0v) is 32.1. The fraction of sp³-hybridized carbons (Fsp3) is 0. The third-order valence-corrected chi connectivity index (χ3v) is 13.4. The molecule has 0 spiro atoms. The summed E-state index contributed by atoms with van der Waals surface area (Å²) < 4.78 is 7.52. The van der Waals surface area contributed by atoms with Crippen LogP contribution in [-0.4, -0.2) is 19.5 Å². The standard InChI is InChI=1S/C51H30N4S2/c1-3-14-31(15-4-1)49-52-50(32-16-5-2-6-17-32)54-51(53-49)33-28-29-43-39(30-33)46-36(20-12-26-44(46)56-43)37-21-11-22-38-47-42(25-13-27-45(47)57-48(37)38)55-40-23-9-7-18-34(40)35-19-8-10-24-41(35)55/h1-30H. The molecule has 0 bridgehead atoms. The molecule has 0 unspecified atom stereocenters. The monoisotopic (exact) mass is 762 g/mol. The van der Waals surface area contributed by atoms with Crippen LogP contribution in [0, 0.1) is 0 Å². The van der Waals surface area contributed by atoms with E-state index in [0.29, 0.717) is 17.5 Å². The summed E-state index contributed by atoms with van der Waals surface area (Å²) in [6, 6.07) is 64.8. The van der Waals surface area contributed by atoms with Crippen LogP contribution in [0.1, 0.15) is 0 Å². The molecule has 12 rings (SSSR count). The van der Waals surface area contributed by atoms with Crippen LogP contribution in [0.25, 0.3) is 113 Å². The van der Waals surface area contributed by atoms with Gasteiger partial charge in [0.15, 0.2) is 17.5 Å². The molecule has 4 nitrogen and oxygen atoms in total. The molecule has 0 aliphatic carbocycles. The number of hydrogen-bond donors (Lipinski definition) is 0. The van der Waals surface area contributed by atoms with E-state index in [1.54, 1.807) is 0 Å². The van der Waals surface area contributed by atoms with E-state index in [4.69, 9.17) is 15.0 Å². The largest absolute Gasteiger partial charge is 0.309 e. The number of hydrogen-bond acceptors (Lipinski definition) is 5. The first kappa shape index (κ1) is 32.3. The van der Waals surface area contributed by atoms with Crippen LogP contribution < -0.4 is 0 Å². The molecule has 12 aromatic rings. The van der Waals surface area contributed by atoms with Gasteiger partial charge >= 0.3 is 0 Å². The number of benzene rings is 8. The topological polar surface area (TPSA) is 43.6 Å². The van der Waals surface area contributed by atoms with Crippen LogP contribution in [0.2, 0.25) is 0 Å². The molecule has 4 aromatic heterocycles. The average Bonchev–Trinajstić information content (AvgIpc) is 3.96. The molecular weight excluding hydrogens is 733 g/mol. The maximum absolute atomic E-state index is 5.06. The molecule has 0 aliphatic heterocycles. The van der Waals surface area contributed by atoms with Crippen LogP contribution >= 0.6 is 22.7 Å². The van der Waals surface area contributed by atoms with Crippen molar-refractivity contribution in [2.75, 3.05) is 0 Å². The van der Waals surface area contributed by atoms with Gasteiger partial charge in [-0.25, -0.2) is 15.0 Å². The highest BCUT2D eigenvalue weighted by atomic mass is 32.1. The summed E-state index contributed by atoms with van der Waals surface area (Å²) in [6.07, 6.45) is 0. The summed E-state index contributed by atoms with van der Waals surface area (Å²) in [6.45, 7) is 0. The Bertz CT molecular complexity index is 3410. The van der Waals surface area contributed by atoms with E-state index in [0.717, 1.165) is 16.7 Å². The first-order chi connectivity index (χ1) is 28.3. The van der Waals surface area contributed by atoms with E-state index < -0.39 is 0 Å². The van der Waals surface area contributed by atoms with Crippen molar-refractivity contribution >= 4 is 84.8 Å². The lowest BCUT2D eigenvalue weighted by Crippen LogP contribution is -2.00. The third-order valence-electron chi connectivity index (χ3n) is 11.1. The van der Waals surface area contributed by atoms with Crippen molar-refractivity contribution in [3.63, 3.8) is 0 Å². The van der Waals surface area contributed by atoms with Crippen LogP contribution in [0.3, 0.4) is 0 Å². The minimum atomic E-state index is 0.658. The first-order valence-electron chi connectivity index (χ1n) is 19.0. The van der Waals surface area contributed by atoms with Gasteiger partial charge in [-0.3, -0.25) is 0 Å². The van der Waals surface area contributed by atoms with Crippen LogP contribution in [-0.2, 0) is 0 Å². The van der Waals surface area contributed by atoms with Gasteiger partial charge in [0.05, 0.1) is 16.7 Å². The molecule has 266 valence electrons. The van der Waals surface area contributed by atoms with Gasteiger partial charge in [0.2, 0.25) is 0 Å². The predicted molar refractivity (Wildman–Crippen MR) is 242 cm³/mol. The highest BCUT2D eigenvalue weighted by Gasteiger charge is 2.20. The summed E-state index contributed by atoms with van der Waals surface area (Å²) in [4.78, 5) is 15.1. The summed E-state index contributed by atoms with van der Waals surface area (Å²) in [5.41, 5.74) is 9.01. The predicted octanol–water partition coefficient (Wildman–Crippen LogP) is 14.4. The summed E-state index contributed by atoms with van der Waals surface area (Å²) in [5.74, 6) is 1.98. The van der Waals surface area contributed by atoms with Gasteiger partial charge in [-0.15, -0.1) is 22.7 Å². The molecule has 0 atom stereocenters. The van der Waals surface area contributed by atoms with Crippen molar-refractivity contribution in [2.45, 2.75) is 0 Å². The van der Waals surface area contributed by atoms with E-state index >= 15 is 0 Å².